The zero-order chi connectivity index (χ0) is 13.6. The summed E-state index contributed by atoms with van der Waals surface area (Å²) in [5.41, 5.74) is 5.71. The minimum Gasteiger partial charge on any atom is -0.329 e. The lowest BCUT2D eigenvalue weighted by Crippen LogP contribution is -2.49. The first-order valence-corrected chi connectivity index (χ1v) is 8.39. The van der Waals surface area contributed by atoms with Crippen LogP contribution in [0.4, 0.5) is 0 Å². The van der Waals surface area contributed by atoms with Gasteiger partial charge in [-0.15, -0.1) is 12.4 Å². The van der Waals surface area contributed by atoms with Gasteiger partial charge in [0.1, 0.15) is 0 Å². The van der Waals surface area contributed by atoms with E-state index in [1.807, 2.05) is 0 Å². The van der Waals surface area contributed by atoms with Crippen molar-refractivity contribution in [3.05, 3.63) is 0 Å². The third-order valence-corrected chi connectivity index (χ3v) is 5.36. The van der Waals surface area contributed by atoms with Crippen LogP contribution in [0, 0.1) is 5.92 Å². The highest BCUT2D eigenvalue weighted by molar-refractivity contribution is 7.87. The largest absolute Gasteiger partial charge is 0.329 e. The summed E-state index contributed by atoms with van der Waals surface area (Å²) in [4.78, 5) is 0. The van der Waals surface area contributed by atoms with Gasteiger partial charge in [0.15, 0.2) is 0 Å². The molecule has 7 heteroatoms. The minimum absolute atomic E-state index is 0. The Morgan fingerprint density at radius 1 is 1.37 bits per heavy atom. The Bertz CT molecular complexity index is 332. The predicted molar refractivity (Wildman–Crippen MR) is 81.6 cm³/mol. The molecular formula is C12H28ClN3O2S. The van der Waals surface area contributed by atoms with Crippen LogP contribution in [0.3, 0.4) is 0 Å². The molecule has 0 amide bonds. The van der Waals surface area contributed by atoms with Crippen LogP contribution in [0.1, 0.15) is 45.4 Å². The Morgan fingerprint density at radius 3 is 2.42 bits per heavy atom. The van der Waals surface area contributed by atoms with Gasteiger partial charge >= 0.3 is 0 Å². The third kappa shape index (κ3) is 5.95. The first-order chi connectivity index (χ1) is 8.51. The number of hydrogen-bond donors (Lipinski definition) is 2. The standard InChI is InChI=1S/C12H27N3O2S.ClH/c1-3-4-9-15(2)18(16,17)14-12(10-13)11-7-5-6-8-11;/h11-12,14H,3-10,13H2,1-2H3;1H. The maximum atomic E-state index is 12.1. The van der Waals surface area contributed by atoms with Gasteiger partial charge in [-0.05, 0) is 25.2 Å². The number of rotatable bonds is 8. The summed E-state index contributed by atoms with van der Waals surface area (Å²) in [5, 5.41) is 0. The first-order valence-electron chi connectivity index (χ1n) is 6.95. The molecule has 0 aromatic carbocycles. The van der Waals surface area contributed by atoms with E-state index in [0.717, 1.165) is 25.7 Å². The Labute approximate surface area is 123 Å². The summed E-state index contributed by atoms with van der Waals surface area (Å²) in [6.45, 7) is 2.99. The van der Waals surface area contributed by atoms with E-state index in [9.17, 15) is 8.42 Å². The molecular weight excluding hydrogens is 286 g/mol. The quantitative estimate of drug-likeness (QED) is 0.713. The summed E-state index contributed by atoms with van der Waals surface area (Å²) < 4.78 is 28.4. The fourth-order valence-corrected chi connectivity index (χ4v) is 3.70. The highest BCUT2D eigenvalue weighted by atomic mass is 35.5. The molecule has 0 bridgehead atoms. The van der Waals surface area contributed by atoms with E-state index < -0.39 is 10.2 Å². The van der Waals surface area contributed by atoms with Gasteiger partial charge in [0.2, 0.25) is 0 Å². The van der Waals surface area contributed by atoms with E-state index in [2.05, 4.69) is 11.6 Å². The molecule has 1 aliphatic carbocycles. The molecule has 3 N–H and O–H groups in total. The van der Waals surface area contributed by atoms with Crippen molar-refractivity contribution in [3.63, 3.8) is 0 Å². The van der Waals surface area contributed by atoms with Crippen LogP contribution in [-0.4, -0.2) is 38.9 Å². The number of unbranched alkanes of at least 4 members (excludes halogenated alkanes) is 1. The molecule has 116 valence electrons. The van der Waals surface area contributed by atoms with Gasteiger partial charge in [-0.2, -0.15) is 17.4 Å². The number of hydrogen-bond acceptors (Lipinski definition) is 3. The lowest BCUT2D eigenvalue weighted by molar-refractivity contribution is 0.383. The van der Waals surface area contributed by atoms with E-state index in [0.29, 0.717) is 19.0 Å². The Morgan fingerprint density at radius 2 is 1.95 bits per heavy atom. The molecule has 1 fully saturated rings. The topological polar surface area (TPSA) is 75.4 Å². The molecule has 0 aliphatic heterocycles. The maximum absolute atomic E-state index is 12.1. The number of nitrogens with one attached hydrogen (secondary N) is 1. The lowest BCUT2D eigenvalue weighted by atomic mass is 9.99. The second kappa shape index (κ2) is 9.13. The number of nitrogens with two attached hydrogens (primary N) is 1. The molecule has 0 spiro atoms. The summed E-state index contributed by atoms with van der Waals surface area (Å²) in [5.74, 6) is 0.407. The van der Waals surface area contributed by atoms with Crippen LogP contribution in [-0.2, 0) is 10.2 Å². The van der Waals surface area contributed by atoms with E-state index in [1.54, 1.807) is 7.05 Å². The highest BCUT2D eigenvalue weighted by Crippen LogP contribution is 2.27. The van der Waals surface area contributed by atoms with E-state index in [1.165, 1.54) is 17.1 Å². The smallest absolute Gasteiger partial charge is 0.279 e. The van der Waals surface area contributed by atoms with E-state index in [-0.39, 0.29) is 18.4 Å². The normalized spacial score (nSPS) is 18.5. The van der Waals surface area contributed by atoms with Crippen LogP contribution in [0.25, 0.3) is 0 Å². The number of halogens is 1. The molecule has 0 radical (unpaired) electrons. The van der Waals surface area contributed by atoms with Crippen molar-refractivity contribution in [1.29, 1.82) is 0 Å². The zero-order valence-electron chi connectivity index (χ0n) is 12.0. The van der Waals surface area contributed by atoms with Gasteiger partial charge in [-0.25, -0.2) is 0 Å². The fraction of sp³-hybridized carbons (Fsp3) is 1.00. The van der Waals surface area contributed by atoms with Gasteiger partial charge in [0.25, 0.3) is 10.2 Å². The highest BCUT2D eigenvalue weighted by Gasteiger charge is 2.29. The average molecular weight is 314 g/mol. The van der Waals surface area contributed by atoms with Gasteiger partial charge in [-0.3, -0.25) is 0 Å². The summed E-state index contributed by atoms with van der Waals surface area (Å²) in [7, 11) is -1.75. The van der Waals surface area contributed by atoms with Crippen molar-refractivity contribution in [2.75, 3.05) is 20.1 Å². The molecule has 1 saturated carbocycles. The third-order valence-electron chi connectivity index (χ3n) is 3.76. The SMILES string of the molecule is CCCCN(C)S(=O)(=O)NC(CN)C1CCCC1.Cl. The summed E-state index contributed by atoms with van der Waals surface area (Å²) in [6.07, 6.45) is 6.42. The molecule has 5 nitrogen and oxygen atoms in total. The van der Waals surface area contributed by atoms with Crippen molar-refractivity contribution in [1.82, 2.24) is 9.03 Å². The Balaban J connectivity index is 0.00000324. The monoisotopic (exact) mass is 313 g/mol. The summed E-state index contributed by atoms with van der Waals surface area (Å²) in [6, 6.07) is -0.110. The van der Waals surface area contributed by atoms with Gasteiger partial charge in [0, 0.05) is 26.2 Å². The van der Waals surface area contributed by atoms with Gasteiger partial charge in [0.05, 0.1) is 0 Å². The number of nitrogens with zero attached hydrogens (tertiary/aromatic N) is 1. The molecule has 1 rings (SSSR count). The average Bonchev–Trinajstić information content (AvgIpc) is 2.86. The van der Waals surface area contributed by atoms with Crippen LogP contribution in [0.15, 0.2) is 0 Å². The Kier molecular flexibility index (Phi) is 9.19. The van der Waals surface area contributed by atoms with Crippen molar-refractivity contribution in [3.8, 4) is 0 Å². The van der Waals surface area contributed by atoms with Crippen LogP contribution in [0.2, 0.25) is 0 Å². The molecule has 0 aromatic rings. The van der Waals surface area contributed by atoms with Crippen molar-refractivity contribution in [2.45, 2.75) is 51.5 Å². The molecule has 19 heavy (non-hydrogen) atoms. The Hall–Kier alpha value is 0.120. The van der Waals surface area contributed by atoms with Gasteiger partial charge in [-0.1, -0.05) is 26.2 Å². The molecule has 0 heterocycles. The zero-order valence-corrected chi connectivity index (χ0v) is 13.6. The van der Waals surface area contributed by atoms with Crippen molar-refractivity contribution < 1.29 is 8.42 Å². The molecule has 1 atom stereocenters. The molecule has 1 aliphatic rings. The minimum atomic E-state index is -3.38. The summed E-state index contributed by atoms with van der Waals surface area (Å²) >= 11 is 0. The molecule has 0 saturated heterocycles. The predicted octanol–water partition coefficient (Wildman–Crippen LogP) is 1.49. The molecule has 0 aromatic heterocycles. The van der Waals surface area contributed by atoms with Crippen LogP contribution >= 0.6 is 12.4 Å². The van der Waals surface area contributed by atoms with E-state index in [4.69, 9.17) is 5.73 Å². The first kappa shape index (κ1) is 19.1. The van der Waals surface area contributed by atoms with Gasteiger partial charge < -0.3 is 5.73 Å². The van der Waals surface area contributed by atoms with Crippen LogP contribution < -0.4 is 10.5 Å². The molecule has 1 unspecified atom stereocenters. The van der Waals surface area contributed by atoms with Crippen molar-refractivity contribution >= 4 is 22.6 Å². The van der Waals surface area contributed by atoms with Crippen LogP contribution in [0.5, 0.6) is 0 Å². The maximum Gasteiger partial charge on any atom is 0.279 e. The second-order valence-corrected chi connectivity index (χ2v) is 6.99. The lowest BCUT2D eigenvalue weighted by Gasteiger charge is -2.26. The van der Waals surface area contributed by atoms with Crippen molar-refractivity contribution in [2.24, 2.45) is 11.7 Å². The second-order valence-electron chi connectivity index (χ2n) is 5.18. The van der Waals surface area contributed by atoms with E-state index >= 15 is 0 Å². The fourth-order valence-electron chi connectivity index (χ4n) is 2.48.